The summed E-state index contributed by atoms with van der Waals surface area (Å²) in [6.45, 7) is 0. The number of rotatable bonds is 1. The Morgan fingerprint density at radius 1 is 1.50 bits per heavy atom. The van der Waals surface area contributed by atoms with E-state index in [-0.39, 0.29) is 0 Å². The first-order chi connectivity index (χ1) is 5.81. The van der Waals surface area contributed by atoms with Gasteiger partial charge in [0.1, 0.15) is 10.6 Å². The molecular weight excluding hydrogens is 190 g/mol. The molecule has 2 aromatic rings. The van der Waals surface area contributed by atoms with Crippen molar-refractivity contribution in [1.29, 1.82) is 0 Å². The molecule has 0 aliphatic carbocycles. The van der Waals surface area contributed by atoms with Crippen LogP contribution in [-0.4, -0.2) is 16.2 Å². The number of thiophene rings is 1. The molecule has 0 aromatic carbocycles. The SMILES string of the molecule is CSc1nc(N)c2ccsc2n1. The largest absolute Gasteiger partial charge is 0.383 e. The van der Waals surface area contributed by atoms with E-state index in [2.05, 4.69) is 9.97 Å². The Labute approximate surface area is 78.0 Å². The van der Waals surface area contributed by atoms with Crippen molar-refractivity contribution in [2.45, 2.75) is 5.16 Å². The van der Waals surface area contributed by atoms with E-state index < -0.39 is 0 Å². The second kappa shape index (κ2) is 2.91. The van der Waals surface area contributed by atoms with Gasteiger partial charge in [-0.2, -0.15) is 0 Å². The van der Waals surface area contributed by atoms with Gasteiger partial charge in [-0.3, -0.25) is 0 Å². The van der Waals surface area contributed by atoms with Crippen molar-refractivity contribution in [1.82, 2.24) is 9.97 Å². The minimum Gasteiger partial charge on any atom is -0.383 e. The van der Waals surface area contributed by atoms with Crippen molar-refractivity contribution in [3.8, 4) is 0 Å². The van der Waals surface area contributed by atoms with E-state index in [9.17, 15) is 0 Å². The summed E-state index contributed by atoms with van der Waals surface area (Å²) in [5.74, 6) is 0.575. The van der Waals surface area contributed by atoms with Crippen molar-refractivity contribution in [3.63, 3.8) is 0 Å². The molecule has 0 saturated carbocycles. The summed E-state index contributed by atoms with van der Waals surface area (Å²) in [6, 6.07) is 1.94. The smallest absolute Gasteiger partial charge is 0.190 e. The molecule has 0 unspecified atom stereocenters. The molecule has 0 radical (unpaired) electrons. The summed E-state index contributed by atoms with van der Waals surface area (Å²) in [4.78, 5) is 9.40. The van der Waals surface area contributed by atoms with Gasteiger partial charge in [0, 0.05) is 0 Å². The maximum atomic E-state index is 5.72. The highest BCUT2D eigenvalue weighted by Gasteiger charge is 2.04. The molecule has 0 aliphatic rings. The minimum atomic E-state index is 0.575. The summed E-state index contributed by atoms with van der Waals surface area (Å²) < 4.78 is 0. The number of nitrogen functional groups attached to an aromatic ring is 1. The summed E-state index contributed by atoms with van der Waals surface area (Å²) in [5, 5.41) is 3.67. The van der Waals surface area contributed by atoms with Crippen molar-refractivity contribution >= 4 is 39.1 Å². The topological polar surface area (TPSA) is 51.8 Å². The quantitative estimate of drug-likeness (QED) is 0.561. The summed E-state index contributed by atoms with van der Waals surface area (Å²) in [7, 11) is 0. The molecule has 0 aliphatic heterocycles. The van der Waals surface area contributed by atoms with Gasteiger partial charge in [-0.1, -0.05) is 11.8 Å². The molecule has 0 bridgehead atoms. The minimum absolute atomic E-state index is 0.575. The molecule has 0 fully saturated rings. The van der Waals surface area contributed by atoms with Crippen LogP contribution in [0.4, 0.5) is 5.82 Å². The van der Waals surface area contributed by atoms with E-state index in [0.717, 1.165) is 15.4 Å². The molecule has 0 saturated heterocycles. The van der Waals surface area contributed by atoms with Gasteiger partial charge in [0.25, 0.3) is 0 Å². The number of nitrogens with zero attached hydrogens (tertiary/aromatic N) is 2. The maximum Gasteiger partial charge on any atom is 0.190 e. The zero-order valence-corrected chi connectivity index (χ0v) is 8.08. The number of hydrogen-bond donors (Lipinski definition) is 1. The van der Waals surface area contributed by atoms with Crippen LogP contribution >= 0.6 is 23.1 Å². The third-order valence-corrected chi connectivity index (χ3v) is 2.87. The van der Waals surface area contributed by atoms with Crippen LogP contribution in [0.1, 0.15) is 0 Å². The van der Waals surface area contributed by atoms with Gasteiger partial charge in [0.2, 0.25) is 0 Å². The molecule has 2 heterocycles. The molecule has 62 valence electrons. The van der Waals surface area contributed by atoms with E-state index in [0.29, 0.717) is 5.82 Å². The highest BCUT2D eigenvalue weighted by Crippen LogP contribution is 2.24. The Morgan fingerprint density at radius 3 is 3.08 bits per heavy atom. The highest BCUT2D eigenvalue weighted by molar-refractivity contribution is 7.98. The van der Waals surface area contributed by atoms with Gasteiger partial charge in [0.05, 0.1) is 5.39 Å². The lowest BCUT2D eigenvalue weighted by Gasteiger charge is -1.97. The third-order valence-electron chi connectivity index (χ3n) is 1.52. The number of fused-ring (bicyclic) bond motifs is 1. The molecule has 0 atom stereocenters. The summed E-state index contributed by atoms with van der Waals surface area (Å²) in [6.07, 6.45) is 1.94. The molecule has 5 heteroatoms. The number of anilines is 1. The highest BCUT2D eigenvalue weighted by atomic mass is 32.2. The van der Waals surface area contributed by atoms with Gasteiger partial charge in [-0.05, 0) is 17.7 Å². The van der Waals surface area contributed by atoms with Crippen LogP contribution in [0.15, 0.2) is 16.6 Å². The Balaban J connectivity index is 2.75. The van der Waals surface area contributed by atoms with Crippen molar-refractivity contribution in [3.05, 3.63) is 11.4 Å². The first-order valence-corrected chi connectivity index (χ1v) is 5.46. The third kappa shape index (κ3) is 1.15. The molecule has 0 spiro atoms. The Bertz CT molecular complexity index is 410. The summed E-state index contributed by atoms with van der Waals surface area (Å²) in [5.41, 5.74) is 5.72. The zero-order valence-electron chi connectivity index (χ0n) is 6.44. The number of hydrogen-bond acceptors (Lipinski definition) is 5. The fraction of sp³-hybridized carbons (Fsp3) is 0.143. The van der Waals surface area contributed by atoms with E-state index in [1.807, 2.05) is 17.7 Å². The predicted molar refractivity (Wildman–Crippen MR) is 53.6 cm³/mol. The number of thioether (sulfide) groups is 1. The van der Waals surface area contributed by atoms with Gasteiger partial charge in [0.15, 0.2) is 5.16 Å². The average Bonchev–Trinajstić information content (AvgIpc) is 2.52. The first kappa shape index (κ1) is 7.82. The lowest BCUT2D eigenvalue weighted by atomic mass is 10.4. The van der Waals surface area contributed by atoms with Crippen LogP contribution in [0.5, 0.6) is 0 Å². The van der Waals surface area contributed by atoms with E-state index >= 15 is 0 Å². The molecule has 0 amide bonds. The number of nitrogens with two attached hydrogens (primary N) is 1. The zero-order chi connectivity index (χ0) is 8.55. The molecule has 2 aromatic heterocycles. The monoisotopic (exact) mass is 197 g/mol. The first-order valence-electron chi connectivity index (χ1n) is 3.36. The van der Waals surface area contributed by atoms with Gasteiger partial charge in [-0.25, -0.2) is 9.97 Å². The molecule has 2 rings (SSSR count). The predicted octanol–water partition coefficient (Wildman–Crippen LogP) is 2.00. The second-order valence-electron chi connectivity index (χ2n) is 2.23. The van der Waals surface area contributed by atoms with Gasteiger partial charge in [-0.15, -0.1) is 11.3 Å². The fourth-order valence-electron chi connectivity index (χ4n) is 0.949. The van der Waals surface area contributed by atoms with E-state index in [1.165, 1.54) is 11.8 Å². The van der Waals surface area contributed by atoms with Crippen LogP contribution in [0.25, 0.3) is 10.2 Å². The molecule has 2 N–H and O–H groups in total. The van der Waals surface area contributed by atoms with Crippen molar-refractivity contribution in [2.75, 3.05) is 12.0 Å². The normalized spacial score (nSPS) is 10.8. The van der Waals surface area contributed by atoms with Gasteiger partial charge >= 0.3 is 0 Å². The summed E-state index contributed by atoms with van der Waals surface area (Å²) >= 11 is 3.09. The Kier molecular flexibility index (Phi) is 1.90. The van der Waals surface area contributed by atoms with Gasteiger partial charge < -0.3 is 5.73 Å². The van der Waals surface area contributed by atoms with Crippen LogP contribution in [0, 0.1) is 0 Å². The van der Waals surface area contributed by atoms with Crippen molar-refractivity contribution in [2.24, 2.45) is 0 Å². The van der Waals surface area contributed by atoms with Crippen LogP contribution in [-0.2, 0) is 0 Å². The maximum absolute atomic E-state index is 5.72. The standard InChI is InChI=1S/C7H7N3S2/c1-11-7-9-5(8)4-2-3-12-6(4)10-7/h2-3H,1H3,(H2,8,9,10). The van der Waals surface area contributed by atoms with Crippen LogP contribution < -0.4 is 5.73 Å². The Hall–Kier alpha value is -0.810. The van der Waals surface area contributed by atoms with Crippen LogP contribution in [0.2, 0.25) is 0 Å². The van der Waals surface area contributed by atoms with E-state index in [4.69, 9.17) is 5.73 Å². The van der Waals surface area contributed by atoms with E-state index in [1.54, 1.807) is 11.3 Å². The molecule has 3 nitrogen and oxygen atoms in total. The second-order valence-corrected chi connectivity index (χ2v) is 3.90. The lowest BCUT2D eigenvalue weighted by molar-refractivity contribution is 1.02. The number of aromatic nitrogens is 2. The molecular formula is C7H7N3S2. The average molecular weight is 197 g/mol. The molecule has 12 heavy (non-hydrogen) atoms. The van der Waals surface area contributed by atoms with Crippen molar-refractivity contribution < 1.29 is 0 Å². The fourth-order valence-corrected chi connectivity index (χ4v) is 2.15. The van der Waals surface area contributed by atoms with Crippen LogP contribution in [0.3, 0.4) is 0 Å². The Morgan fingerprint density at radius 2 is 2.33 bits per heavy atom. The lowest BCUT2D eigenvalue weighted by Crippen LogP contribution is -1.93.